The van der Waals surface area contributed by atoms with Gasteiger partial charge in [-0.1, -0.05) is 0 Å². The van der Waals surface area contributed by atoms with Gasteiger partial charge in [0.05, 0.1) is 0 Å². The first kappa shape index (κ1) is 14.0. The van der Waals surface area contributed by atoms with E-state index in [-0.39, 0.29) is 5.91 Å². The smallest absolute Gasteiger partial charge is 0.270 e. The molecular weight excluding hydrogens is 312 g/mol. The van der Waals surface area contributed by atoms with Crippen LogP contribution in [0.3, 0.4) is 0 Å². The molecule has 1 fully saturated rings. The van der Waals surface area contributed by atoms with E-state index < -0.39 is 0 Å². The molecule has 1 atom stereocenters. The molecule has 100 valence electrons. The SMILES string of the molecule is CC1CSCCN1C(=O)c1cc(Br)cn1C(C)C. The van der Waals surface area contributed by atoms with Gasteiger partial charge < -0.3 is 9.47 Å². The fraction of sp³-hybridized carbons (Fsp3) is 0.615. The Morgan fingerprint density at radius 1 is 1.56 bits per heavy atom. The molecule has 1 aromatic heterocycles. The molecule has 0 radical (unpaired) electrons. The summed E-state index contributed by atoms with van der Waals surface area (Å²) in [6, 6.07) is 2.55. The molecule has 5 heteroatoms. The molecule has 0 saturated carbocycles. The molecule has 1 unspecified atom stereocenters. The van der Waals surface area contributed by atoms with Gasteiger partial charge in [-0.2, -0.15) is 11.8 Å². The number of hydrogen-bond donors (Lipinski definition) is 0. The third kappa shape index (κ3) is 2.77. The molecule has 1 amide bonds. The summed E-state index contributed by atoms with van der Waals surface area (Å²) in [6.07, 6.45) is 1.99. The first-order valence-corrected chi connectivity index (χ1v) is 8.21. The number of aromatic nitrogens is 1. The molecule has 2 rings (SSSR count). The van der Waals surface area contributed by atoms with Gasteiger partial charge in [-0.05, 0) is 42.8 Å². The quantitative estimate of drug-likeness (QED) is 0.830. The van der Waals surface area contributed by atoms with Crippen molar-refractivity contribution in [3.63, 3.8) is 0 Å². The molecule has 1 aliphatic heterocycles. The molecule has 0 bridgehead atoms. The lowest BCUT2D eigenvalue weighted by Gasteiger charge is -2.33. The van der Waals surface area contributed by atoms with E-state index in [9.17, 15) is 4.79 Å². The number of halogens is 1. The van der Waals surface area contributed by atoms with Gasteiger partial charge in [0.15, 0.2) is 0 Å². The molecule has 1 aromatic rings. The number of thioether (sulfide) groups is 1. The summed E-state index contributed by atoms with van der Waals surface area (Å²) >= 11 is 5.39. The minimum absolute atomic E-state index is 0.155. The molecule has 1 aliphatic rings. The number of nitrogens with zero attached hydrogens (tertiary/aromatic N) is 2. The van der Waals surface area contributed by atoms with Crippen LogP contribution in [0.1, 0.15) is 37.3 Å². The summed E-state index contributed by atoms with van der Waals surface area (Å²) in [5, 5.41) is 0. The first-order chi connectivity index (χ1) is 8.50. The Balaban J connectivity index is 2.27. The van der Waals surface area contributed by atoms with Crippen molar-refractivity contribution in [1.82, 2.24) is 9.47 Å². The largest absolute Gasteiger partial charge is 0.340 e. The summed E-state index contributed by atoms with van der Waals surface area (Å²) in [6.45, 7) is 7.17. The summed E-state index contributed by atoms with van der Waals surface area (Å²) in [7, 11) is 0. The van der Waals surface area contributed by atoms with Crippen molar-refractivity contribution < 1.29 is 4.79 Å². The van der Waals surface area contributed by atoms with E-state index in [0.717, 1.165) is 28.2 Å². The van der Waals surface area contributed by atoms with Gasteiger partial charge >= 0.3 is 0 Å². The zero-order valence-corrected chi connectivity index (χ0v) is 13.4. The van der Waals surface area contributed by atoms with Gasteiger partial charge in [-0.3, -0.25) is 4.79 Å². The van der Waals surface area contributed by atoms with Gasteiger partial charge in [0, 0.05) is 40.8 Å². The van der Waals surface area contributed by atoms with Crippen LogP contribution >= 0.6 is 27.7 Å². The van der Waals surface area contributed by atoms with E-state index in [1.807, 2.05) is 33.5 Å². The van der Waals surface area contributed by atoms with E-state index in [4.69, 9.17) is 0 Å². The minimum atomic E-state index is 0.155. The van der Waals surface area contributed by atoms with Gasteiger partial charge in [-0.15, -0.1) is 0 Å². The Kier molecular flexibility index (Phi) is 4.43. The Morgan fingerprint density at radius 2 is 2.28 bits per heavy atom. The second-order valence-electron chi connectivity index (χ2n) is 4.97. The van der Waals surface area contributed by atoms with E-state index >= 15 is 0 Å². The van der Waals surface area contributed by atoms with Crippen LogP contribution < -0.4 is 0 Å². The second kappa shape index (κ2) is 5.70. The van der Waals surface area contributed by atoms with E-state index in [2.05, 4.69) is 36.7 Å². The van der Waals surface area contributed by atoms with E-state index in [1.54, 1.807) is 0 Å². The molecule has 0 aromatic carbocycles. The van der Waals surface area contributed by atoms with Crippen LogP contribution in [-0.2, 0) is 0 Å². The topological polar surface area (TPSA) is 25.2 Å². The highest BCUT2D eigenvalue weighted by molar-refractivity contribution is 9.10. The molecule has 0 N–H and O–H groups in total. The number of amides is 1. The van der Waals surface area contributed by atoms with Crippen molar-refractivity contribution in [2.45, 2.75) is 32.9 Å². The van der Waals surface area contributed by atoms with Crippen LogP contribution in [0, 0.1) is 0 Å². The van der Waals surface area contributed by atoms with Crippen molar-refractivity contribution in [2.75, 3.05) is 18.1 Å². The predicted molar refractivity (Wildman–Crippen MR) is 80.3 cm³/mol. The van der Waals surface area contributed by atoms with Crippen molar-refractivity contribution in [1.29, 1.82) is 0 Å². The zero-order valence-electron chi connectivity index (χ0n) is 11.0. The first-order valence-electron chi connectivity index (χ1n) is 6.26. The third-order valence-corrected chi connectivity index (χ3v) is 4.84. The zero-order chi connectivity index (χ0) is 13.3. The highest BCUT2D eigenvalue weighted by atomic mass is 79.9. The van der Waals surface area contributed by atoms with Crippen LogP contribution in [-0.4, -0.2) is 39.5 Å². The molecular formula is C13H19BrN2OS. The van der Waals surface area contributed by atoms with Crippen LogP contribution in [0.2, 0.25) is 0 Å². The standard InChI is InChI=1S/C13H19BrN2OS/c1-9(2)16-7-11(14)6-12(16)13(17)15-4-5-18-8-10(15)3/h6-7,9-10H,4-5,8H2,1-3H3. The molecule has 1 saturated heterocycles. The monoisotopic (exact) mass is 330 g/mol. The number of carbonyl (C=O) groups is 1. The van der Waals surface area contributed by atoms with Crippen molar-refractivity contribution in [3.8, 4) is 0 Å². The molecule has 0 aliphatic carbocycles. The predicted octanol–water partition coefficient (Wildman–Crippen LogP) is 3.41. The summed E-state index contributed by atoms with van der Waals surface area (Å²) in [5.74, 6) is 2.23. The maximum Gasteiger partial charge on any atom is 0.270 e. The highest BCUT2D eigenvalue weighted by Crippen LogP contribution is 2.24. The van der Waals surface area contributed by atoms with E-state index in [1.165, 1.54) is 0 Å². The van der Waals surface area contributed by atoms with Gasteiger partial charge in [-0.25, -0.2) is 0 Å². The lowest BCUT2D eigenvalue weighted by atomic mass is 10.2. The summed E-state index contributed by atoms with van der Waals surface area (Å²) in [4.78, 5) is 14.6. The Bertz CT molecular complexity index is 444. The van der Waals surface area contributed by atoms with Crippen LogP contribution in [0.15, 0.2) is 16.7 Å². The van der Waals surface area contributed by atoms with Crippen LogP contribution in [0.25, 0.3) is 0 Å². The van der Waals surface area contributed by atoms with E-state index in [0.29, 0.717) is 12.1 Å². The average molecular weight is 331 g/mol. The third-order valence-electron chi connectivity index (χ3n) is 3.22. The van der Waals surface area contributed by atoms with Gasteiger partial charge in [0.1, 0.15) is 5.69 Å². The maximum absolute atomic E-state index is 12.6. The Hall–Kier alpha value is -0.420. The maximum atomic E-state index is 12.6. The van der Waals surface area contributed by atoms with Crippen molar-refractivity contribution in [3.05, 3.63) is 22.4 Å². The summed E-state index contributed by atoms with van der Waals surface area (Å²) in [5.41, 5.74) is 0.788. The normalized spacial score (nSPS) is 20.5. The Labute approximate surface area is 121 Å². The lowest BCUT2D eigenvalue weighted by Crippen LogP contribution is -2.45. The average Bonchev–Trinajstić information content (AvgIpc) is 2.71. The minimum Gasteiger partial charge on any atom is -0.340 e. The fourth-order valence-electron chi connectivity index (χ4n) is 2.22. The number of rotatable bonds is 2. The summed E-state index contributed by atoms with van der Waals surface area (Å²) < 4.78 is 3.01. The molecule has 3 nitrogen and oxygen atoms in total. The van der Waals surface area contributed by atoms with Gasteiger partial charge in [0.25, 0.3) is 5.91 Å². The van der Waals surface area contributed by atoms with Crippen LogP contribution in [0.4, 0.5) is 0 Å². The number of carbonyl (C=O) groups excluding carboxylic acids is 1. The molecule has 0 spiro atoms. The molecule has 18 heavy (non-hydrogen) atoms. The highest BCUT2D eigenvalue weighted by Gasteiger charge is 2.27. The van der Waals surface area contributed by atoms with Gasteiger partial charge in [0.2, 0.25) is 0 Å². The Morgan fingerprint density at radius 3 is 2.89 bits per heavy atom. The second-order valence-corrected chi connectivity index (χ2v) is 7.03. The van der Waals surface area contributed by atoms with Crippen molar-refractivity contribution >= 4 is 33.6 Å². The lowest BCUT2D eigenvalue weighted by molar-refractivity contribution is 0.0703. The molecule has 2 heterocycles. The fourth-order valence-corrected chi connectivity index (χ4v) is 3.67. The van der Waals surface area contributed by atoms with Crippen LogP contribution in [0.5, 0.6) is 0 Å². The number of hydrogen-bond acceptors (Lipinski definition) is 2. The van der Waals surface area contributed by atoms with Crippen molar-refractivity contribution in [2.24, 2.45) is 0 Å².